The molecule has 0 saturated carbocycles. The van der Waals surface area contributed by atoms with E-state index >= 15 is 0 Å². The van der Waals surface area contributed by atoms with Gasteiger partial charge in [0.25, 0.3) is 0 Å². The maximum Gasteiger partial charge on any atom is 0.196 e. The summed E-state index contributed by atoms with van der Waals surface area (Å²) in [5.74, 6) is 3.16. The maximum absolute atomic E-state index is 5.57. The monoisotopic (exact) mass is 417 g/mol. The number of aromatic nitrogens is 3. The van der Waals surface area contributed by atoms with Crippen molar-refractivity contribution in [2.24, 2.45) is 0 Å². The Labute approximate surface area is 180 Å². The normalized spacial score (nSPS) is 10.8. The summed E-state index contributed by atoms with van der Waals surface area (Å²) in [5, 5.41) is 9.88. The van der Waals surface area contributed by atoms with Gasteiger partial charge in [-0.3, -0.25) is 4.57 Å². The van der Waals surface area contributed by atoms with Crippen molar-refractivity contribution in [3.8, 4) is 28.6 Å². The summed E-state index contributed by atoms with van der Waals surface area (Å²) >= 11 is 1.65. The van der Waals surface area contributed by atoms with E-state index in [0.717, 1.165) is 39.5 Å². The van der Waals surface area contributed by atoms with Crippen LogP contribution in [0.2, 0.25) is 0 Å². The van der Waals surface area contributed by atoms with Gasteiger partial charge in [0.2, 0.25) is 0 Å². The Hall–Kier alpha value is -3.25. The van der Waals surface area contributed by atoms with Crippen LogP contribution in [0.3, 0.4) is 0 Å². The summed E-state index contributed by atoms with van der Waals surface area (Å²) in [7, 11) is 3.35. The molecule has 0 fully saturated rings. The second kappa shape index (κ2) is 9.05. The van der Waals surface area contributed by atoms with E-state index in [1.165, 1.54) is 11.1 Å². The molecule has 0 radical (unpaired) electrons. The third-order valence-corrected chi connectivity index (χ3v) is 5.77. The van der Waals surface area contributed by atoms with Crippen molar-refractivity contribution >= 4 is 11.8 Å². The van der Waals surface area contributed by atoms with E-state index in [-0.39, 0.29) is 0 Å². The molecular weight excluding hydrogens is 394 g/mol. The number of para-hydroxylation sites is 1. The number of thioether (sulfide) groups is 1. The molecule has 0 bridgehead atoms. The van der Waals surface area contributed by atoms with E-state index in [1.54, 1.807) is 26.0 Å². The minimum Gasteiger partial charge on any atom is -0.497 e. The number of nitrogens with zero attached hydrogens (tertiary/aromatic N) is 3. The summed E-state index contributed by atoms with van der Waals surface area (Å²) in [5.41, 5.74) is 4.31. The van der Waals surface area contributed by atoms with Gasteiger partial charge in [-0.1, -0.05) is 48.2 Å². The standard InChI is InChI=1S/C24H23N3O2S/c1-17-7-6-8-19(15-17)27-23(21-9-4-5-10-22(21)29-3)25-26-24(27)30-16-18-11-13-20(28-2)14-12-18/h4-15H,16H2,1-3H3. The molecular formula is C24H23N3O2S. The van der Waals surface area contributed by atoms with E-state index in [1.807, 2.05) is 36.4 Å². The van der Waals surface area contributed by atoms with E-state index in [2.05, 4.69) is 58.1 Å². The topological polar surface area (TPSA) is 49.2 Å². The van der Waals surface area contributed by atoms with Crippen LogP contribution in [0.25, 0.3) is 17.1 Å². The Morgan fingerprint density at radius 3 is 2.40 bits per heavy atom. The van der Waals surface area contributed by atoms with Crippen LogP contribution in [-0.4, -0.2) is 29.0 Å². The van der Waals surface area contributed by atoms with Crippen LogP contribution < -0.4 is 9.47 Å². The SMILES string of the molecule is COc1ccc(CSc2nnc(-c3ccccc3OC)n2-c2cccc(C)c2)cc1. The fraction of sp³-hybridized carbons (Fsp3) is 0.167. The second-order valence-electron chi connectivity index (χ2n) is 6.82. The Kier molecular flexibility index (Phi) is 6.05. The molecule has 0 atom stereocenters. The van der Waals surface area contributed by atoms with Gasteiger partial charge in [-0.05, 0) is 54.4 Å². The lowest BCUT2D eigenvalue weighted by Crippen LogP contribution is -2.01. The highest BCUT2D eigenvalue weighted by Gasteiger charge is 2.19. The summed E-state index contributed by atoms with van der Waals surface area (Å²) < 4.78 is 12.9. The average molecular weight is 418 g/mol. The lowest BCUT2D eigenvalue weighted by Gasteiger charge is -2.13. The molecule has 0 aliphatic rings. The van der Waals surface area contributed by atoms with Crippen molar-refractivity contribution in [2.75, 3.05) is 14.2 Å². The lowest BCUT2D eigenvalue weighted by atomic mass is 10.1. The zero-order valence-corrected chi connectivity index (χ0v) is 18.0. The van der Waals surface area contributed by atoms with Gasteiger partial charge in [-0.2, -0.15) is 0 Å². The smallest absolute Gasteiger partial charge is 0.196 e. The highest BCUT2D eigenvalue weighted by molar-refractivity contribution is 7.98. The van der Waals surface area contributed by atoms with E-state index in [4.69, 9.17) is 9.47 Å². The highest BCUT2D eigenvalue weighted by Crippen LogP contribution is 2.34. The zero-order chi connectivity index (χ0) is 20.9. The first kappa shape index (κ1) is 20.0. The van der Waals surface area contributed by atoms with Crippen LogP contribution in [0.1, 0.15) is 11.1 Å². The molecule has 5 nitrogen and oxygen atoms in total. The molecule has 0 N–H and O–H groups in total. The van der Waals surface area contributed by atoms with E-state index in [0.29, 0.717) is 0 Å². The summed E-state index contributed by atoms with van der Waals surface area (Å²) in [6.07, 6.45) is 0. The van der Waals surface area contributed by atoms with Crippen LogP contribution in [0.5, 0.6) is 11.5 Å². The molecule has 6 heteroatoms. The van der Waals surface area contributed by atoms with Crippen LogP contribution in [0, 0.1) is 6.92 Å². The van der Waals surface area contributed by atoms with Crippen LogP contribution in [0.15, 0.2) is 78.0 Å². The maximum atomic E-state index is 5.57. The summed E-state index contributed by atoms with van der Waals surface area (Å²) in [6, 6.07) is 24.3. The molecule has 0 spiro atoms. The van der Waals surface area contributed by atoms with Gasteiger partial charge < -0.3 is 9.47 Å². The Morgan fingerprint density at radius 2 is 1.67 bits per heavy atom. The van der Waals surface area contributed by atoms with E-state index < -0.39 is 0 Å². The van der Waals surface area contributed by atoms with Gasteiger partial charge in [-0.25, -0.2) is 0 Å². The third-order valence-electron chi connectivity index (χ3n) is 4.77. The van der Waals surface area contributed by atoms with Crippen molar-refractivity contribution in [3.05, 3.63) is 83.9 Å². The fourth-order valence-electron chi connectivity index (χ4n) is 3.24. The van der Waals surface area contributed by atoms with E-state index in [9.17, 15) is 0 Å². The number of methoxy groups -OCH3 is 2. The first-order valence-corrected chi connectivity index (χ1v) is 10.6. The van der Waals surface area contributed by atoms with Crippen molar-refractivity contribution in [2.45, 2.75) is 17.8 Å². The molecule has 152 valence electrons. The fourth-order valence-corrected chi connectivity index (χ4v) is 4.14. The molecule has 0 saturated heterocycles. The number of aryl methyl sites for hydroxylation is 1. The van der Waals surface area contributed by atoms with Crippen LogP contribution >= 0.6 is 11.8 Å². The second-order valence-corrected chi connectivity index (χ2v) is 7.76. The minimum absolute atomic E-state index is 0.760. The molecule has 4 aromatic rings. The molecule has 4 rings (SSSR count). The first-order chi connectivity index (χ1) is 14.7. The van der Waals surface area contributed by atoms with Crippen molar-refractivity contribution in [1.82, 2.24) is 14.8 Å². The lowest BCUT2D eigenvalue weighted by molar-refractivity contribution is 0.414. The number of hydrogen-bond donors (Lipinski definition) is 0. The van der Waals surface area contributed by atoms with Crippen molar-refractivity contribution in [3.63, 3.8) is 0 Å². The molecule has 0 aliphatic heterocycles. The molecule has 0 aliphatic carbocycles. The van der Waals surface area contributed by atoms with Crippen LogP contribution in [0.4, 0.5) is 0 Å². The first-order valence-electron chi connectivity index (χ1n) is 9.61. The Bertz CT molecular complexity index is 1140. The number of rotatable bonds is 7. The van der Waals surface area contributed by atoms with Crippen LogP contribution in [-0.2, 0) is 5.75 Å². The summed E-state index contributed by atoms with van der Waals surface area (Å²) in [4.78, 5) is 0. The largest absolute Gasteiger partial charge is 0.497 e. The van der Waals surface area contributed by atoms with Crippen molar-refractivity contribution < 1.29 is 9.47 Å². The van der Waals surface area contributed by atoms with Gasteiger partial charge in [0, 0.05) is 11.4 Å². The van der Waals surface area contributed by atoms with Gasteiger partial charge in [0.1, 0.15) is 11.5 Å². The average Bonchev–Trinajstić information content (AvgIpc) is 3.21. The minimum atomic E-state index is 0.760. The number of ether oxygens (including phenoxy) is 2. The molecule has 0 unspecified atom stereocenters. The Morgan fingerprint density at radius 1 is 0.867 bits per heavy atom. The van der Waals surface area contributed by atoms with Crippen molar-refractivity contribution in [1.29, 1.82) is 0 Å². The predicted molar refractivity (Wildman–Crippen MR) is 121 cm³/mol. The van der Waals surface area contributed by atoms with Gasteiger partial charge in [-0.15, -0.1) is 10.2 Å². The Balaban J connectivity index is 1.74. The number of hydrogen-bond acceptors (Lipinski definition) is 5. The zero-order valence-electron chi connectivity index (χ0n) is 17.2. The van der Waals surface area contributed by atoms with Gasteiger partial charge >= 0.3 is 0 Å². The molecule has 0 amide bonds. The molecule has 1 aromatic heterocycles. The molecule has 1 heterocycles. The number of benzene rings is 3. The quantitative estimate of drug-likeness (QED) is 0.369. The molecule has 3 aromatic carbocycles. The summed E-state index contributed by atoms with van der Waals surface area (Å²) in [6.45, 7) is 2.08. The third kappa shape index (κ3) is 4.19. The van der Waals surface area contributed by atoms with Gasteiger partial charge in [0.05, 0.1) is 19.8 Å². The molecule has 30 heavy (non-hydrogen) atoms. The highest BCUT2D eigenvalue weighted by atomic mass is 32.2. The predicted octanol–water partition coefficient (Wildman–Crippen LogP) is 5.55. The van der Waals surface area contributed by atoms with Gasteiger partial charge in [0.15, 0.2) is 11.0 Å².